The fourth-order valence-electron chi connectivity index (χ4n) is 5.17. The Labute approximate surface area is 211 Å². The molecule has 0 aromatic carbocycles. The average molecular weight is 516 g/mol. The van der Waals surface area contributed by atoms with E-state index in [1.54, 1.807) is 11.3 Å². The van der Waals surface area contributed by atoms with Gasteiger partial charge < -0.3 is 14.9 Å². The first-order valence-electron chi connectivity index (χ1n) is 12.0. The van der Waals surface area contributed by atoms with Crippen LogP contribution in [0.4, 0.5) is 0 Å². The normalized spacial score (nSPS) is 27.8. The summed E-state index contributed by atoms with van der Waals surface area (Å²) in [5.74, 6) is -0.0240. The Bertz CT molecular complexity index is 817. The molecular formula is C26H36Cl2O4S. The van der Waals surface area contributed by atoms with Gasteiger partial charge in [-0.25, -0.2) is 0 Å². The van der Waals surface area contributed by atoms with Crippen LogP contribution in [0, 0.1) is 17.3 Å². The summed E-state index contributed by atoms with van der Waals surface area (Å²) in [5, 5.41) is 21.5. The standard InChI is InChI=1S/C26H36Cl2O4S/c1-32-25(31)11-5-3-2-4-8-19-20(22(29)16-21(19)27)9-6-10-23(30)26(14-7-15-26)17-18-12-13-24(28)33-18/h2,4,6,9,12-13,19-23,29-30H,3,5,7-8,10-11,14-17H2,1H3/b4-2+,9-6+/t19-,20-,21?,22-,23?/m1/s1. The number of hydrogen-bond donors (Lipinski definition) is 2. The number of carbonyl (C=O) groups excluding carboxylic acids is 1. The van der Waals surface area contributed by atoms with E-state index in [2.05, 4.69) is 29.0 Å². The fourth-order valence-corrected chi connectivity index (χ4v) is 6.87. The maximum Gasteiger partial charge on any atom is 0.305 e. The maximum absolute atomic E-state index is 11.2. The van der Waals surface area contributed by atoms with Gasteiger partial charge in [-0.1, -0.05) is 42.3 Å². The highest BCUT2D eigenvalue weighted by Gasteiger charge is 2.43. The summed E-state index contributed by atoms with van der Waals surface area (Å²) in [6.45, 7) is 0. The van der Waals surface area contributed by atoms with Crippen molar-refractivity contribution in [3.8, 4) is 0 Å². The highest BCUT2D eigenvalue weighted by atomic mass is 35.5. The van der Waals surface area contributed by atoms with Crippen LogP contribution in [-0.2, 0) is 16.0 Å². The van der Waals surface area contributed by atoms with Crippen LogP contribution in [0.3, 0.4) is 0 Å². The minimum atomic E-state index is -0.454. The second-order valence-electron chi connectivity index (χ2n) is 9.51. The van der Waals surface area contributed by atoms with Crippen molar-refractivity contribution in [2.45, 2.75) is 81.8 Å². The summed E-state index contributed by atoms with van der Waals surface area (Å²) in [7, 11) is 1.41. The van der Waals surface area contributed by atoms with Crippen LogP contribution >= 0.6 is 34.5 Å². The van der Waals surface area contributed by atoms with E-state index < -0.39 is 12.2 Å². The molecule has 2 aliphatic rings. The molecule has 2 saturated carbocycles. The van der Waals surface area contributed by atoms with Crippen molar-refractivity contribution in [1.82, 2.24) is 0 Å². The zero-order valence-electron chi connectivity index (χ0n) is 19.3. The van der Waals surface area contributed by atoms with Gasteiger partial charge in [0.05, 0.1) is 23.7 Å². The highest BCUT2D eigenvalue weighted by Crippen LogP contribution is 2.49. The largest absolute Gasteiger partial charge is 0.469 e. The molecule has 2 N–H and O–H groups in total. The molecule has 0 amide bonds. The predicted molar refractivity (Wildman–Crippen MR) is 136 cm³/mol. The number of halogens is 2. The lowest BCUT2D eigenvalue weighted by Gasteiger charge is -2.45. The van der Waals surface area contributed by atoms with Crippen LogP contribution in [-0.4, -0.2) is 40.9 Å². The lowest BCUT2D eigenvalue weighted by Crippen LogP contribution is -2.42. The number of methoxy groups -OCH3 is 1. The second kappa shape index (κ2) is 12.7. The first-order valence-corrected chi connectivity index (χ1v) is 13.6. The Morgan fingerprint density at radius 2 is 2.12 bits per heavy atom. The Morgan fingerprint density at radius 3 is 2.76 bits per heavy atom. The van der Waals surface area contributed by atoms with Gasteiger partial charge in [-0.2, -0.15) is 0 Å². The summed E-state index contributed by atoms with van der Waals surface area (Å²) in [6.07, 6.45) is 15.5. The SMILES string of the molecule is COC(=O)CCC/C=C/C[C@H]1C(Cl)C[C@@H](O)[C@@H]1/C=C/CC(O)C1(Cc2ccc(Cl)s2)CCC1. The van der Waals surface area contributed by atoms with Gasteiger partial charge in [0, 0.05) is 28.0 Å². The van der Waals surface area contributed by atoms with E-state index >= 15 is 0 Å². The van der Waals surface area contributed by atoms with Crippen LogP contribution in [0.15, 0.2) is 36.4 Å². The number of hydrogen-bond acceptors (Lipinski definition) is 5. The molecule has 5 atom stereocenters. The van der Waals surface area contributed by atoms with Crippen LogP contribution in [0.5, 0.6) is 0 Å². The van der Waals surface area contributed by atoms with Crippen molar-refractivity contribution in [1.29, 1.82) is 0 Å². The number of ether oxygens (including phenoxy) is 1. The minimum Gasteiger partial charge on any atom is -0.469 e. The number of alkyl halides is 1. The van der Waals surface area contributed by atoms with E-state index in [1.165, 1.54) is 12.0 Å². The Balaban J connectivity index is 1.50. The first kappa shape index (κ1) is 26.7. The van der Waals surface area contributed by atoms with Crippen molar-refractivity contribution in [2.75, 3.05) is 7.11 Å². The maximum atomic E-state index is 11.2. The predicted octanol–water partition coefficient (Wildman–Crippen LogP) is 6.32. The van der Waals surface area contributed by atoms with Gasteiger partial charge in [0.2, 0.25) is 0 Å². The smallest absolute Gasteiger partial charge is 0.305 e. The molecule has 0 aliphatic heterocycles. The molecular weight excluding hydrogens is 479 g/mol. The average Bonchev–Trinajstić information content (AvgIpc) is 3.28. The molecule has 1 heterocycles. The van der Waals surface area contributed by atoms with Gasteiger partial charge in [-0.05, 0) is 69.4 Å². The molecule has 7 heteroatoms. The molecule has 2 aliphatic carbocycles. The molecule has 4 nitrogen and oxygen atoms in total. The van der Waals surface area contributed by atoms with Crippen LogP contribution in [0.1, 0.15) is 62.7 Å². The molecule has 0 bridgehead atoms. The van der Waals surface area contributed by atoms with Crippen LogP contribution in [0.2, 0.25) is 4.34 Å². The van der Waals surface area contributed by atoms with Crippen molar-refractivity contribution in [3.05, 3.63) is 45.7 Å². The number of esters is 1. The number of unbranched alkanes of at least 4 members (excludes halogenated alkanes) is 1. The lowest BCUT2D eigenvalue weighted by atomic mass is 9.62. The van der Waals surface area contributed by atoms with E-state index in [4.69, 9.17) is 23.2 Å². The number of rotatable bonds is 12. The number of carbonyl (C=O) groups is 1. The van der Waals surface area contributed by atoms with E-state index in [9.17, 15) is 15.0 Å². The van der Waals surface area contributed by atoms with Crippen molar-refractivity contribution >= 4 is 40.5 Å². The lowest BCUT2D eigenvalue weighted by molar-refractivity contribution is -0.140. The molecule has 33 heavy (non-hydrogen) atoms. The van der Waals surface area contributed by atoms with Crippen LogP contribution < -0.4 is 0 Å². The summed E-state index contributed by atoms with van der Waals surface area (Å²) in [6, 6.07) is 4.00. The third kappa shape index (κ3) is 7.32. The van der Waals surface area contributed by atoms with Crippen molar-refractivity contribution < 1.29 is 19.7 Å². The van der Waals surface area contributed by atoms with Gasteiger partial charge in [-0.3, -0.25) is 4.79 Å². The Hall–Kier alpha value is -0.850. The molecule has 1 aromatic rings. The Kier molecular flexibility index (Phi) is 10.3. The number of aliphatic hydroxyl groups is 2. The topological polar surface area (TPSA) is 66.8 Å². The molecule has 3 rings (SSSR count). The monoisotopic (exact) mass is 514 g/mol. The zero-order valence-corrected chi connectivity index (χ0v) is 21.6. The molecule has 184 valence electrons. The molecule has 0 spiro atoms. The summed E-state index contributed by atoms with van der Waals surface area (Å²) in [5.41, 5.74) is -0.0613. The number of thiophene rings is 1. The third-order valence-corrected chi connectivity index (χ3v) is 9.09. The number of allylic oxidation sites excluding steroid dienone is 2. The number of aliphatic hydroxyl groups excluding tert-OH is 2. The van der Waals surface area contributed by atoms with Crippen molar-refractivity contribution in [2.24, 2.45) is 17.3 Å². The quantitative estimate of drug-likeness (QED) is 0.148. The van der Waals surface area contributed by atoms with E-state index in [-0.39, 0.29) is 28.6 Å². The van der Waals surface area contributed by atoms with Crippen molar-refractivity contribution in [3.63, 3.8) is 0 Å². The van der Waals surface area contributed by atoms with Gasteiger partial charge >= 0.3 is 5.97 Å². The second-order valence-corrected chi connectivity index (χ2v) is 11.9. The molecule has 0 radical (unpaired) electrons. The molecule has 1 aromatic heterocycles. The Morgan fingerprint density at radius 1 is 1.33 bits per heavy atom. The minimum absolute atomic E-state index is 0.00661. The summed E-state index contributed by atoms with van der Waals surface area (Å²) >= 11 is 14.3. The van der Waals surface area contributed by atoms with Gasteiger partial charge in [0.15, 0.2) is 0 Å². The third-order valence-electron chi connectivity index (χ3n) is 7.35. The highest BCUT2D eigenvalue weighted by molar-refractivity contribution is 7.16. The zero-order chi connectivity index (χ0) is 23.8. The molecule has 2 unspecified atom stereocenters. The van der Waals surface area contributed by atoms with Gasteiger partial charge in [0.1, 0.15) is 0 Å². The van der Waals surface area contributed by atoms with E-state index in [0.717, 1.165) is 49.3 Å². The van der Waals surface area contributed by atoms with E-state index in [0.29, 0.717) is 19.3 Å². The van der Waals surface area contributed by atoms with Gasteiger partial charge in [-0.15, -0.1) is 22.9 Å². The van der Waals surface area contributed by atoms with E-state index in [1.807, 2.05) is 12.1 Å². The molecule has 0 saturated heterocycles. The first-order chi connectivity index (χ1) is 15.8. The molecule has 2 fully saturated rings. The van der Waals surface area contributed by atoms with Crippen LogP contribution in [0.25, 0.3) is 0 Å². The summed E-state index contributed by atoms with van der Waals surface area (Å²) in [4.78, 5) is 12.4. The summed E-state index contributed by atoms with van der Waals surface area (Å²) < 4.78 is 5.45. The van der Waals surface area contributed by atoms with Gasteiger partial charge in [0.25, 0.3) is 0 Å². The fraction of sp³-hybridized carbons (Fsp3) is 0.654.